The van der Waals surface area contributed by atoms with Gasteiger partial charge in [-0.3, -0.25) is 4.79 Å². The Kier molecular flexibility index (Phi) is 3.26. The van der Waals surface area contributed by atoms with Crippen LogP contribution in [0.25, 0.3) is 0 Å². The van der Waals surface area contributed by atoms with Crippen molar-refractivity contribution in [2.75, 3.05) is 25.4 Å². The number of hydrogen-bond acceptors (Lipinski definition) is 3. The second-order valence-corrected chi connectivity index (χ2v) is 5.43. The summed E-state index contributed by atoms with van der Waals surface area (Å²) < 4.78 is 0. The van der Waals surface area contributed by atoms with Gasteiger partial charge in [0.1, 0.15) is 0 Å². The molecule has 1 aliphatic carbocycles. The van der Waals surface area contributed by atoms with E-state index in [2.05, 4.69) is 12.6 Å². The number of thiol groups is 1. The minimum absolute atomic E-state index is 0.112. The molecule has 0 aromatic rings. The van der Waals surface area contributed by atoms with E-state index in [1.807, 2.05) is 4.90 Å². The maximum Gasteiger partial charge on any atom is 0.236 e. The van der Waals surface area contributed by atoms with Crippen LogP contribution in [0.3, 0.4) is 0 Å². The lowest BCUT2D eigenvalue weighted by molar-refractivity contribution is -0.129. The normalized spacial score (nSPS) is 35.3. The standard InChI is InChI=1S/C11H20N2OS/c12-6-10(14)13-4-3-11(8-13)2-1-9(5-11)7-15/h9,15H,1-8,12H2/t9-,11-/m1/s1. The van der Waals surface area contributed by atoms with Crippen molar-refractivity contribution >= 4 is 18.5 Å². The van der Waals surface area contributed by atoms with Crippen molar-refractivity contribution in [2.45, 2.75) is 25.7 Å². The summed E-state index contributed by atoms with van der Waals surface area (Å²) in [7, 11) is 0. The van der Waals surface area contributed by atoms with E-state index < -0.39 is 0 Å². The average Bonchev–Trinajstić information content (AvgIpc) is 2.86. The van der Waals surface area contributed by atoms with Crippen LogP contribution in [0.2, 0.25) is 0 Å². The van der Waals surface area contributed by atoms with Crippen molar-refractivity contribution in [1.82, 2.24) is 4.90 Å². The molecule has 0 unspecified atom stereocenters. The van der Waals surface area contributed by atoms with Gasteiger partial charge < -0.3 is 10.6 Å². The highest BCUT2D eigenvalue weighted by atomic mass is 32.1. The van der Waals surface area contributed by atoms with Gasteiger partial charge in [0.05, 0.1) is 6.54 Å². The molecule has 1 heterocycles. The van der Waals surface area contributed by atoms with Crippen LogP contribution in [0.4, 0.5) is 0 Å². The highest BCUT2D eigenvalue weighted by Gasteiger charge is 2.44. The quantitative estimate of drug-likeness (QED) is 0.690. The first-order valence-electron chi connectivity index (χ1n) is 5.78. The van der Waals surface area contributed by atoms with Crippen LogP contribution < -0.4 is 5.73 Å². The third-order valence-electron chi connectivity index (χ3n) is 4.03. The van der Waals surface area contributed by atoms with Crippen LogP contribution in [0.1, 0.15) is 25.7 Å². The SMILES string of the molecule is NCC(=O)N1CC[C@@]2(CC[C@@H](CS)C2)C1. The molecule has 0 radical (unpaired) electrons. The summed E-state index contributed by atoms with van der Waals surface area (Å²) in [6, 6.07) is 0. The molecule has 86 valence electrons. The second kappa shape index (κ2) is 4.34. The third kappa shape index (κ3) is 2.16. The van der Waals surface area contributed by atoms with E-state index in [9.17, 15) is 4.79 Å². The zero-order valence-corrected chi connectivity index (χ0v) is 10.0. The Morgan fingerprint density at radius 1 is 1.53 bits per heavy atom. The Bertz CT molecular complexity index is 259. The van der Waals surface area contributed by atoms with Gasteiger partial charge in [-0.1, -0.05) is 0 Å². The van der Waals surface area contributed by atoms with Crippen LogP contribution in [0.5, 0.6) is 0 Å². The summed E-state index contributed by atoms with van der Waals surface area (Å²) >= 11 is 4.37. The Morgan fingerprint density at radius 2 is 2.33 bits per heavy atom. The summed E-state index contributed by atoms with van der Waals surface area (Å²) in [5, 5.41) is 0. The van der Waals surface area contributed by atoms with Crippen molar-refractivity contribution in [3.05, 3.63) is 0 Å². The van der Waals surface area contributed by atoms with Gasteiger partial charge >= 0.3 is 0 Å². The topological polar surface area (TPSA) is 46.3 Å². The van der Waals surface area contributed by atoms with Crippen LogP contribution in [-0.2, 0) is 4.79 Å². The molecule has 2 atom stereocenters. The van der Waals surface area contributed by atoms with E-state index in [0.29, 0.717) is 5.41 Å². The fourth-order valence-electron chi connectivity index (χ4n) is 3.13. The van der Waals surface area contributed by atoms with Gasteiger partial charge in [-0.2, -0.15) is 12.6 Å². The van der Waals surface area contributed by atoms with Gasteiger partial charge in [0.25, 0.3) is 0 Å². The number of rotatable bonds is 2. The second-order valence-electron chi connectivity index (χ2n) is 5.06. The minimum Gasteiger partial charge on any atom is -0.341 e. The number of hydrogen-bond donors (Lipinski definition) is 2. The van der Waals surface area contributed by atoms with E-state index in [4.69, 9.17) is 5.73 Å². The smallest absolute Gasteiger partial charge is 0.236 e. The van der Waals surface area contributed by atoms with Gasteiger partial charge in [-0.05, 0) is 42.8 Å². The maximum atomic E-state index is 11.5. The Balaban J connectivity index is 1.94. The van der Waals surface area contributed by atoms with Crippen LogP contribution >= 0.6 is 12.6 Å². The Morgan fingerprint density at radius 3 is 2.93 bits per heavy atom. The lowest BCUT2D eigenvalue weighted by Gasteiger charge is -2.23. The van der Waals surface area contributed by atoms with E-state index >= 15 is 0 Å². The van der Waals surface area contributed by atoms with Crippen molar-refractivity contribution in [3.8, 4) is 0 Å². The molecule has 2 rings (SSSR count). The van der Waals surface area contributed by atoms with E-state index in [1.165, 1.54) is 25.7 Å². The predicted octanol–water partition coefficient (Wildman–Crippen LogP) is 0.894. The molecule has 2 aliphatic rings. The molecule has 1 saturated heterocycles. The summed E-state index contributed by atoms with van der Waals surface area (Å²) in [6.45, 7) is 2.01. The highest BCUT2D eigenvalue weighted by molar-refractivity contribution is 7.80. The van der Waals surface area contributed by atoms with Crippen molar-refractivity contribution in [1.29, 1.82) is 0 Å². The number of nitrogens with two attached hydrogens (primary N) is 1. The molecule has 1 saturated carbocycles. The van der Waals surface area contributed by atoms with E-state index in [0.717, 1.165) is 24.8 Å². The van der Waals surface area contributed by atoms with Gasteiger partial charge in [0, 0.05) is 13.1 Å². The van der Waals surface area contributed by atoms with E-state index in [1.54, 1.807) is 0 Å². The molecular formula is C11H20N2OS. The van der Waals surface area contributed by atoms with Gasteiger partial charge in [0.2, 0.25) is 5.91 Å². The van der Waals surface area contributed by atoms with Gasteiger partial charge in [-0.15, -0.1) is 0 Å². The average molecular weight is 228 g/mol. The zero-order valence-electron chi connectivity index (χ0n) is 9.11. The van der Waals surface area contributed by atoms with Crippen LogP contribution in [-0.4, -0.2) is 36.2 Å². The minimum atomic E-state index is 0.112. The first kappa shape index (κ1) is 11.3. The number of amides is 1. The summed E-state index contributed by atoms with van der Waals surface area (Å²) in [4.78, 5) is 13.4. The molecular weight excluding hydrogens is 208 g/mol. The molecule has 4 heteroatoms. The Hall–Kier alpha value is -0.220. The molecule has 0 bridgehead atoms. The molecule has 15 heavy (non-hydrogen) atoms. The van der Waals surface area contributed by atoms with Crippen LogP contribution in [0, 0.1) is 11.3 Å². The predicted molar refractivity (Wildman–Crippen MR) is 63.9 cm³/mol. The fraction of sp³-hybridized carbons (Fsp3) is 0.909. The maximum absolute atomic E-state index is 11.5. The number of carbonyl (C=O) groups excluding carboxylic acids is 1. The first-order valence-corrected chi connectivity index (χ1v) is 6.41. The van der Waals surface area contributed by atoms with E-state index in [-0.39, 0.29) is 12.5 Å². The molecule has 2 fully saturated rings. The molecule has 0 aromatic carbocycles. The number of likely N-dealkylation sites (tertiary alicyclic amines) is 1. The van der Waals surface area contributed by atoms with Crippen molar-refractivity contribution in [3.63, 3.8) is 0 Å². The number of nitrogens with zero attached hydrogens (tertiary/aromatic N) is 1. The largest absolute Gasteiger partial charge is 0.341 e. The van der Waals surface area contributed by atoms with Gasteiger partial charge in [0.15, 0.2) is 0 Å². The highest BCUT2D eigenvalue weighted by Crippen LogP contribution is 2.48. The summed E-state index contributed by atoms with van der Waals surface area (Å²) in [5.74, 6) is 1.87. The zero-order chi connectivity index (χ0) is 10.9. The van der Waals surface area contributed by atoms with Gasteiger partial charge in [-0.25, -0.2) is 0 Å². The lowest BCUT2D eigenvalue weighted by Crippen LogP contribution is -2.35. The summed E-state index contributed by atoms with van der Waals surface area (Å²) in [5.41, 5.74) is 5.80. The van der Waals surface area contributed by atoms with Crippen LogP contribution in [0.15, 0.2) is 0 Å². The molecule has 1 aliphatic heterocycles. The molecule has 1 amide bonds. The van der Waals surface area contributed by atoms with Crippen molar-refractivity contribution < 1.29 is 4.79 Å². The third-order valence-corrected chi connectivity index (χ3v) is 4.54. The Labute approximate surface area is 96.8 Å². The molecule has 2 N–H and O–H groups in total. The fourth-order valence-corrected chi connectivity index (χ4v) is 3.44. The molecule has 3 nitrogen and oxygen atoms in total. The van der Waals surface area contributed by atoms with Crippen molar-refractivity contribution in [2.24, 2.45) is 17.1 Å². The first-order chi connectivity index (χ1) is 7.19. The summed E-state index contributed by atoms with van der Waals surface area (Å²) in [6.07, 6.45) is 4.98. The monoisotopic (exact) mass is 228 g/mol. The molecule has 0 aromatic heterocycles. The number of carbonyl (C=O) groups is 1. The lowest BCUT2D eigenvalue weighted by atomic mass is 9.85. The molecule has 1 spiro atoms.